The lowest BCUT2D eigenvalue weighted by atomic mass is 9.98. The molecule has 0 bridgehead atoms. The zero-order valence-electron chi connectivity index (χ0n) is 10.2. The highest BCUT2D eigenvalue weighted by Crippen LogP contribution is 2.23. The molecule has 1 heteroatoms. The first-order valence-electron chi connectivity index (χ1n) is 6.58. The third-order valence-electron chi connectivity index (χ3n) is 3.49. The van der Waals surface area contributed by atoms with E-state index in [0.717, 1.165) is 6.42 Å². The number of aryl methyl sites for hydroxylation is 1. The van der Waals surface area contributed by atoms with Gasteiger partial charge in [-0.1, -0.05) is 37.3 Å². The predicted octanol–water partition coefficient (Wildman–Crippen LogP) is 3.97. The van der Waals surface area contributed by atoms with Crippen molar-refractivity contribution in [3.8, 4) is 0 Å². The number of ether oxygens (including phenoxy) is 1. The maximum Gasteiger partial charge on any atom is 0.0582 e. The normalized spacial score (nSPS) is 25.6. The molecule has 0 radical (unpaired) electrons. The zero-order valence-corrected chi connectivity index (χ0v) is 10.2. The fourth-order valence-electron chi connectivity index (χ4n) is 2.47. The van der Waals surface area contributed by atoms with Crippen molar-refractivity contribution in [2.24, 2.45) is 0 Å². The molecule has 0 N–H and O–H groups in total. The van der Waals surface area contributed by atoms with Gasteiger partial charge in [0.1, 0.15) is 0 Å². The van der Waals surface area contributed by atoms with E-state index in [2.05, 4.69) is 37.3 Å². The molecule has 1 aliphatic heterocycles. The molecule has 2 atom stereocenters. The zero-order chi connectivity index (χ0) is 11.2. The molecule has 1 fully saturated rings. The highest BCUT2D eigenvalue weighted by Gasteiger charge is 2.20. The SMILES string of the molecule is CC[C@@H]1CCC[C@@H](CCc2ccccc2)O1. The van der Waals surface area contributed by atoms with Crippen LogP contribution >= 0.6 is 0 Å². The van der Waals surface area contributed by atoms with E-state index < -0.39 is 0 Å². The minimum Gasteiger partial charge on any atom is -0.375 e. The van der Waals surface area contributed by atoms with Gasteiger partial charge in [0.2, 0.25) is 0 Å². The second-order valence-electron chi connectivity index (χ2n) is 4.74. The number of rotatable bonds is 4. The Hall–Kier alpha value is -0.820. The van der Waals surface area contributed by atoms with Crippen LogP contribution < -0.4 is 0 Å². The monoisotopic (exact) mass is 218 g/mol. The first-order chi connectivity index (χ1) is 7.88. The lowest BCUT2D eigenvalue weighted by molar-refractivity contribution is -0.0537. The van der Waals surface area contributed by atoms with Crippen LogP contribution in [0.4, 0.5) is 0 Å². The van der Waals surface area contributed by atoms with E-state index in [9.17, 15) is 0 Å². The molecule has 0 saturated carbocycles. The Morgan fingerprint density at radius 2 is 1.88 bits per heavy atom. The Morgan fingerprint density at radius 1 is 1.12 bits per heavy atom. The molecule has 1 aromatic rings. The van der Waals surface area contributed by atoms with Crippen molar-refractivity contribution >= 4 is 0 Å². The summed E-state index contributed by atoms with van der Waals surface area (Å²) >= 11 is 0. The summed E-state index contributed by atoms with van der Waals surface area (Å²) < 4.78 is 6.06. The van der Waals surface area contributed by atoms with Gasteiger partial charge < -0.3 is 4.74 Å². The molecule has 0 unspecified atom stereocenters. The minimum atomic E-state index is 0.499. The van der Waals surface area contributed by atoms with Gasteiger partial charge in [0.05, 0.1) is 12.2 Å². The van der Waals surface area contributed by atoms with Gasteiger partial charge in [0.15, 0.2) is 0 Å². The van der Waals surface area contributed by atoms with Crippen LogP contribution in [0.3, 0.4) is 0 Å². The molecular weight excluding hydrogens is 196 g/mol. The van der Waals surface area contributed by atoms with Gasteiger partial charge in [-0.2, -0.15) is 0 Å². The summed E-state index contributed by atoms with van der Waals surface area (Å²) in [5.41, 5.74) is 1.43. The molecule has 0 spiro atoms. The maximum absolute atomic E-state index is 6.06. The molecule has 1 nitrogen and oxygen atoms in total. The first-order valence-corrected chi connectivity index (χ1v) is 6.58. The molecule has 0 amide bonds. The molecule has 1 aliphatic rings. The van der Waals surface area contributed by atoms with E-state index in [4.69, 9.17) is 4.74 Å². The minimum absolute atomic E-state index is 0.499. The Labute approximate surface area is 98.8 Å². The van der Waals surface area contributed by atoms with Crippen molar-refractivity contribution < 1.29 is 4.74 Å². The summed E-state index contributed by atoms with van der Waals surface area (Å²) in [4.78, 5) is 0. The van der Waals surface area contributed by atoms with Gasteiger partial charge in [-0.05, 0) is 44.1 Å². The van der Waals surface area contributed by atoms with Gasteiger partial charge in [-0.3, -0.25) is 0 Å². The van der Waals surface area contributed by atoms with Crippen LogP contribution in [0.1, 0.15) is 44.6 Å². The lowest BCUT2D eigenvalue weighted by Gasteiger charge is -2.29. The fourth-order valence-corrected chi connectivity index (χ4v) is 2.47. The van der Waals surface area contributed by atoms with Gasteiger partial charge in [0.25, 0.3) is 0 Å². The Balaban J connectivity index is 1.77. The van der Waals surface area contributed by atoms with Crippen molar-refractivity contribution in [2.75, 3.05) is 0 Å². The van der Waals surface area contributed by atoms with Crippen LogP contribution in [0.5, 0.6) is 0 Å². The van der Waals surface area contributed by atoms with Crippen molar-refractivity contribution in [3.63, 3.8) is 0 Å². The summed E-state index contributed by atoms with van der Waals surface area (Å²) in [5, 5.41) is 0. The molecule has 1 aromatic carbocycles. The molecule has 88 valence electrons. The fraction of sp³-hybridized carbons (Fsp3) is 0.600. The van der Waals surface area contributed by atoms with E-state index in [0.29, 0.717) is 12.2 Å². The van der Waals surface area contributed by atoms with Gasteiger partial charge in [-0.15, -0.1) is 0 Å². The average Bonchev–Trinajstić information content (AvgIpc) is 2.38. The second-order valence-corrected chi connectivity index (χ2v) is 4.74. The quantitative estimate of drug-likeness (QED) is 0.743. The third kappa shape index (κ3) is 3.34. The number of hydrogen-bond donors (Lipinski definition) is 0. The lowest BCUT2D eigenvalue weighted by Crippen LogP contribution is -2.27. The number of hydrogen-bond acceptors (Lipinski definition) is 1. The van der Waals surface area contributed by atoms with E-state index in [1.165, 1.54) is 37.7 Å². The second kappa shape index (κ2) is 6.05. The van der Waals surface area contributed by atoms with Crippen molar-refractivity contribution in [1.82, 2.24) is 0 Å². The molecule has 2 rings (SSSR count). The Morgan fingerprint density at radius 3 is 2.62 bits per heavy atom. The van der Waals surface area contributed by atoms with Crippen LogP contribution in [0.25, 0.3) is 0 Å². The molecule has 0 aromatic heterocycles. The van der Waals surface area contributed by atoms with Crippen LogP contribution in [-0.2, 0) is 11.2 Å². The van der Waals surface area contributed by atoms with Crippen molar-refractivity contribution in [3.05, 3.63) is 35.9 Å². The maximum atomic E-state index is 6.06. The highest BCUT2D eigenvalue weighted by molar-refractivity contribution is 5.14. The largest absolute Gasteiger partial charge is 0.375 e. The average molecular weight is 218 g/mol. The standard InChI is InChI=1S/C15H22O/c1-2-14-9-6-10-15(16-14)12-11-13-7-4-3-5-8-13/h3-5,7-8,14-15H,2,6,9-12H2,1H3/t14-,15+/m1/s1. The first kappa shape index (κ1) is 11.7. The predicted molar refractivity (Wildman–Crippen MR) is 67.6 cm³/mol. The van der Waals surface area contributed by atoms with Crippen molar-refractivity contribution in [1.29, 1.82) is 0 Å². The topological polar surface area (TPSA) is 9.23 Å². The Kier molecular flexibility index (Phi) is 4.41. The van der Waals surface area contributed by atoms with Crippen LogP contribution in [0.2, 0.25) is 0 Å². The summed E-state index contributed by atoms with van der Waals surface area (Å²) in [6.07, 6.45) is 8.39. The van der Waals surface area contributed by atoms with E-state index in [-0.39, 0.29) is 0 Å². The van der Waals surface area contributed by atoms with Crippen LogP contribution in [0, 0.1) is 0 Å². The van der Waals surface area contributed by atoms with E-state index in [1.54, 1.807) is 0 Å². The van der Waals surface area contributed by atoms with E-state index >= 15 is 0 Å². The summed E-state index contributed by atoms with van der Waals surface area (Å²) in [7, 11) is 0. The summed E-state index contributed by atoms with van der Waals surface area (Å²) in [6.45, 7) is 2.23. The van der Waals surface area contributed by atoms with Crippen LogP contribution in [0.15, 0.2) is 30.3 Å². The molecule has 0 aliphatic carbocycles. The van der Waals surface area contributed by atoms with Crippen LogP contribution in [-0.4, -0.2) is 12.2 Å². The van der Waals surface area contributed by atoms with Crippen molar-refractivity contribution in [2.45, 2.75) is 57.7 Å². The Bertz CT molecular complexity index is 294. The van der Waals surface area contributed by atoms with Gasteiger partial charge >= 0.3 is 0 Å². The highest BCUT2D eigenvalue weighted by atomic mass is 16.5. The molecule has 1 heterocycles. The smallest absolute Gasteiger partial charge is 0.0582 e. The van der Waals surface area contributed by atoms with E-state index in [1.807, 2.05) is 0 Å². The van der Waals surface area contributed by atoms with Gasteiger partial charge in [-0.25, -0.2) is 0 Å². The molecule has 1 saturated heterocycles. The molecule has 16 heavy (non-hydrogen) atoms. The summed E-state index contributed by atoms with van der Waals surface area (Å²) in [5.74, 6) is 0. The summed E-state index contributed by atoms with van der Waals surface area (Å²) in [6, 6.07) is 10.7. The molecular formula is C15H22O. The number of benzene rings is 1. The third-order valence-corrected chi connectivity index (χ3v) is 3.49. The van der Waals surface area contributed by atoms with Gasteiger partial charge in [0, 0.05) is 0 Å².